The molecule has 1 aliphatic rings. The van der Waals surface area contributed by atoms with E-state index in [2.05, 4.69) is 30.9 Å². The Morgan fingerprint density at radius 2 is 1.95 bits per heavy atom. The van der Waals surface area contributed by atoms with Crippen LogP contribution in [0.2, 0.25) is 0 Å². The van der Waals surface area contributed by atoms with E-state index in [-0.39, 0.29) is 5.91 Å². The summed E-state index contributed by atoms with van der Waals surface area (Å²) in [5.74, 6) is 0.130. The molecule has 19 heavy (non-hydrogen) atoms. The first-order valence-electron chi connectivity index (χ1n) is 6.72. The topological polar surface area (TPSA) is 32.8 Å². The molecular formula is C15H22N2O2. The van der Waals surface area contributed by atoms with Crippen LogP contribution < -0.4 is 4.90 Å². The number of rotatable bonds is 3. The highest BCUT2D eigenvalue weighted by Gasteiger charge is 2.17. The van der Waals surface area contributed by atoms with Crippen molar-refractivity contribution in [1.82, 2.24) is 4.90 Å². The van der Waals surface area contributed by atoms with Crippen molar-refractivity contribution < 1.29 is 9.53 Å². The van der Waals surface area contributed by atoms with Crippen molar-refractivity contribution in [2.75, 3.05) is 44.8 Å². The second-order valence-electron chi connectivity index (χ2n) is 5.11. The standard InChI is InChI=1S/C15H22N2O2/c1-12-4-5-14(10-13(12)2)16(3)15(18)11-17-6-8-19-9-7-17/h4-5,10H,6-9,11H2,1-3H3. The fourth-order valence-corrected chi connectivity index (χ4v) is 2.13. The first-order chi connectivity index (χ1) is 9.08. The summed E-state index contributed by atoms with van der Waals surface area (Å²) in [6, 6.07) is 6.12. The largest absolute Gasteiger partial charge is 0.379 e. The summed E-state index contributed by atoms with van der Waals surface area (Å²) in [5.41, 5.74) is 3.42. The lowest BCUT2D eigenvalue weighted by Crippen LogP contribution is -2.43. The van der Waals surface area contributed by atoms with Crippen molar-refractivity contribution >= 4 is 11.6 Å². The molecule has 1 fully saturated rings. The summed E-state index contributed by atoms with van der Waals surface area (Å²) < 4.78 is 5.29. The highest BCUT2D eigenvalue weighted by Crippen LogP contribution is 2.18. The van der Waals surface area contributed by atoms with Crippen molar-refractivity contribution in [3.05, 3.63) is 29.3 Å². The fraction of sp³-hybridized carbons (Fsp3) is 0.533. The van der Waals surface area contributed by atoms with E-state index in [1.165, 1.54) is 11.1 Å². The van der Waals surface area contributed by atoms with Gasteiger partial charge >= 0.3 is 0 Å². The van der Waals surface area contributed by atoms with Crippen LogP contribution in [0.4, 0.5) is 5.69 Å². The average molecular weight is 262 g/mol. The van der Waals surface area contributed by atoms with Crippen LogP contribution in [0.25, 0.3) is 0 Å². The van der Waals surface area contributed by atoms with Gasteiger partial charge in [0.25, 0.3) is 0 Å². The third-order valence-electron chi connectivity index (χ3n) is 3.71. The number of nitrogens with zero attached hydrogens (tertiary/aromatic N) is 2. The van der Waals surface area contributed by atoms with Gasteiger partial charge in [-0.3, -0.25) is 9.69 Å². The maximum atomic E-state index is 12.3. The Balaban J connectivity index is 1.99. The molecular weight excluding hydrogens is 240 g/mol. The molecule has 0 aliphatic carbocycles. The number of amides is 1. The van der Waals surface area contributed by atoms with E-state index in [9.17, 15) is 4.79 Å². The molecule has 1 aliphatic heterocycles. The van der Waals surface area contributed by atoms with E-state index in [1.807, 2.05) is 13.1 Å². The van der Waals surface area contributed by atoms with E-state index >= 15 is 0 Å². The Hall–Kier alpha value is -1.39. The van der Waals surface area contributed by atoms with Crippen LogP contribution in [0.15, 0.2) is 18.2 Å². The lowest BCUT2D eigenvalue weighted by atomic mass is 10.1. The number of benzene rings is 1. The van der Waals surface area contributed by atoms with Crippen molar-refractivity contribution in [2.24, 2.45) is 0 Å². The second kappa shape index (κ2) is 6.17. The van der Waals surface area contributed by atoms with Crippen molar-refractivity contribution in [3.63, 3.8) is 0 Å². The first kappa shape index (κ1) is 14.0. The molecule has 1 amide bonds. The number of carbonyl (C=O) groups is 1. The number of morpholine rings is 1. The zero-order valence-electron chi connectivity index (χ0n) is 12.0. The van der Waals surface area contributed by atoms with Crippen LogP contribution in [-0.2, 0) is 9.53 Å². The Bertz CT molecular complexity index is 453. The molecule has 0 aromatic heterocycles. The normalized spacial score (nSPS) is 16.4. The quantitative estimate of drug-likeness (QED) is 0.829. The molecule has 0 saturated carbocycles. The SMILES string of the molecule is Cc1ccc(N(C)C(=O)CN2CCOCC2)cc1C. The summed E-state index contributed by atoms with van der Waals surface area (Å²) in [7, 11) is 1.84. The average Bonchev–Trinajstić information content (AvgIpc) is 2.42. The highest BCUT2D eigenvalue weighted by molar-refractivity contribution is 5.94. The van der Waals surface area contributed by atoms with Crippen molar-refractivity contribution in [2.45, 2.75) is 13.8 Å². The highest BCUT2D eigenvalue weighted by atomic mass is 16.5. The molecule has 0 radical (unpaired) electrons. The summed E-state index contributed by atoms with van der Waals surface area (Å²) in [4.78, 5) is 16.1. The number of aryl methyl sites for hydroxylation is 2. The lowest BCUT2D eigenvalue weighted by Gasteiger charge is -2.28. The number of hydrogen-bond acceptors (Lipinski definition) is 3. The number of hydrogen-bond donors (Lipinski definition) is 0. The van der Waals surface area contributed by atoms with Gasteiger partial charge in [-0.15, -0.1) is 0 Å². The molecule has 4 heteroatoms. The minimum Gasteiger partial charge on any atom is -0.379 e. The summed E-state index contributed by atoms with van der Waals surface area (Å²) in [5, 5.41) is 0. The van der Waals surface area contributed by atoms with Gasteiger partial charge in [0, 0.05) is 25.8 Å². The number of ether oxygens (including phenoxy) is 1. The molecule has 1 saturated heterocycles. The number of likely N-dealkylation sites (N-methyl/N-ethyl adjacent to an activating group) is 1. The Morgan fingerprint density at radius 1 is 1.26 bits per heavy atom. The molecule has 1 aromatic carbocycles. The van der Waals surface area contributed by atoms with Crippen LogP contribution >= 0.6 is 0 Å². The van der Waals surface area contributed by atoms with E-state index < -0.39 is 0 Å². The number of anilines is 1. The maximum absolute atomic E-state index is 12.3. The van der Waals surface area contributed by atoms with Crippen LogP contribution in [-0.4, -0.2) is 50.7 Å². The zero-order valence-corrected chi connectivity index (χ0v) is 12.0. The van der Waals surface area contributed by atoms with Crippen LogP contribution in [0, 0.1) is 13.8 Å². The van der Waals surface area contributed by atoms with Gasteiger partial charge in [-0.25, -0.2) is 0 Å². The van der Waals surface area contributed by atoms with E-state index in [0.29, 0.717) is 6.54 Å². The first-order valence-corrected chi connectivity index (χ1v) is 6.72. The van der Waals surface area contributed by atoms with Gasteiger partial charge in [0.15, 0.2) is 0 Å². The Morgan fingerprint density at radius 3 is 2.58 bits per heavy atom. The van der Waals surface area contributed by atoms with Gasteiger partial charge in [0.2, 0.25) is 5.91 Å². The molecule has 0 atom stereocenters. The molecule has 104 valence electrons. The molecule has 0 spiro atoms. The van der Waals surface area contributed by atoms with Gasteiger partial charge in [-0.05, 0) is 37.1 Å². The molecule has 0 unspecified atom stereocenters. The molecule has 2 rings (SSSR count). The van der Waals surface area contributed by atoms with Crippen molar-refractivity contribution in [3.8, 4) is 0 Å². The summed E-state index contributed by atoms with van der Waals surface area (Å²) in [6.45, 7) is 7.74. The molecule has 0 N–H and O–H groups in total. The van der Waals surface area contributed by atoms with E-state index in [1.54, 1.807) is 4.90 Å². The number of carbonyl (C=O) groups excluding carboxylic acids is 1. The van der Waals surface area contributed by atoms with Crippen molar-refractivity contribution in [1.29, 1.82) is 0 Å². The summed E-state index contributed by atoms with van der Waals surface area (Å²) >= 11 is 0. The molecule has 4 nitrogen and oxygen atoms in total. The smallest absolute Gasteiger partial charge is 0.240 e. The van der Waals surface area contributed by atoms with Gasteiger partial charge in [0.05, 0.1) is 19.8 Å². The van der Waals surface area contributed by atoms with Gasteiger partial charge in [0.1, 0.15) is 0 Å². The lowest BCUT2D eigenvalue weighted by molar-refractivity contribution is -0.120. The minimum atomic E-state index is 0.130. The predicted octanol–water partition coefficient (Wildman–Crippen LogP) is 1.60. The molecule has 0 bridgehead atoms. The predicted molar refractivity (Wildman–Crippen MR) is 76.6 cm³/mol. The third-order valence-corrected chi connectivity index (χ3v) is 3.71. The fourth-order valence-electron chi connectivity index (χ4n) is 2.13. The maximum Gasteiger partial charge on any atom is 0.240 e. The zero-order chi connectivity index (χ0) is 13.8. The minimum absolute atomic E-state index is 0.130. The Kier molecular flexibility index (Phi) is 4.56. The molecule has 1 heterocycles. The third kappa shape index (κ3) is 3.55. The van der Waals surface area contributed by atoms with Gasteiger partial charge in [-0.2, -0.15) is 0 Å². The Labute approximate surface area is 115 Å². The van der Waals surface area contributed by atoms with Gasteiger partial charge < -0.3 is 9.64 Å². The van der Waals surface area contributed by atoms with Crippen LogP contribution in [0.3, 0.4) is 0 Å². The second-order valence-corrected chi connectivity index (χ2v) is 5.11. The van der Waals surface area contributed by atoms with Gasteiger partial charge in [-0.1, -0.05) is 6.07 Å². The van der Waals surface area contributed by atoms with E-state index in [4.69, 9.17) is 4.74 Å². The van der Waals surface area contributed by atoms with E-state index in [0.717, 1.165) is 32.0 Å². The molecule has 1 aromatic rings. The summed E-state index contributed by atoms with van der Waals surface area (Å²) in [6.07, 6.45) is 0. The van der Waals surface area contributed by atoms with Crippen LogP contribution in [0.1, 0.15) is 11.1 Å². The monoisotopic (exact) mass is 262 g/mol. The van der Waals surface area contributed by atoms with Crippen LogP contribution in [0.5, 0.6) is 0 Å².